The number of fused-ring (bicyclic) bond motifs is 1. The Morgan fingerprint density at radius 2 is 1.78 bits per heavy atom. The largest absolute Gasteiger partial charge is 0.383 e. The van der Waals surface area contributed by atoms with Gasteiger partial charge in [-0.1, -0.05) is 36.4 Å². The van der Waals surface area contributed by atoms with Crippen LogP contribution in [0.15, 0.2) is 52.1 Å². The fraction of sp³-hybridized carbons (Fsp3) is 0.211. The van der Waals surface area contributed by atoms with E-state index in [0.717, 1.165) is 19.9 Å². The van der Waals surface area contributed by atoms with Crippen LogP contribution in [0.25, 0.3) is 10.8 Å². The molecule has 27 heavy (non-hydrogen) atoms. The van der Waals surface area contributed by atoms with Gasteiger partial charge in [-0.2, -0.15) is 0 Å². The van der Waals surface area contributed by atoms with E-state index in [-0.39, 0.29) is 11.5 Å². The molecule has 0 radical (unpaired) electrons. The van der Waals surface area contributed by atoms with E-state index in [1.807, 2.05) is 36.4 Å². The van der Waals surface area contributed by atoms with Gasteiger partial charge in [0, 0.05) is 32.2 Å². The topological polar surface area (TPSA) is 102 Å². The Balaban J connectivity index is 1.97. The molecule has 0 fully saturated rings. The monoisotopic (exact) mass is 367 g/mol. The molecule has 140 valence electrons. The summed E-state index contributed by atoms with van der Waals surface area (Å²) in [6.45, 7) is -0.407. The summed E-state index contributed by atoms with van der Waals surface area (Å²) in [6.07, 6.45) is 0. The van der Waals surface area contributed by atoms with E-state index in [9.17, 15) is 14.4 Å². The predicted molar refractivity (Wildman–Crippen MR) is 107 cm³/mol. The number of aromatic nitrogens is 2. The predicted octanol–water partition coefficient (Wildman–Crippen LogP) is 0.987. The first-order valence-corrected chi connectivity index (χ1v) is 8.35. The van der Waals surface area contributed by atoms with E-state index < -0.39 is 23.7 Å². The molecule has 0 saturated carbocycles. The summed E-state index contributed by atoms with van der Waals surface area (Å²) in [5.74, 6) is -0.416. The van der Waals surface area contributed by atoms with Crippen molar-refractivity contribution in [1.29, 1.82) is 0 Å². The van der Waals surface area contributed by atoms with Gasteiger partial charge < -0.3 is 16.0 Å². The molecule has 3 rings (SSSR count). The molecule has 3 aromatic rings. The van der Waals surface area contributed by atoms with Crippen molar-refractivity contribution in [1.82, 2.24) is 9.13 Å². The van der Waals surface area contributed by atoms with Gasteiger partial charge in [-0.05, 0) is 11.5 Å². The smallest absolute Gasteiger partial charge is 0.332 e. The lowest BCUT2D eigenvalue weighted by Crippen LogP contribution is -2.44. The third-order valence-corrected chi connectivity index (χ3v) is 4.38. The Kier molecular flexibility index (Phi) is 4.72. The normalized spacial score (nSPS) is 10.8. The molecular formula is C19H21N5O3. The van der Waals surface area contributed by atoms with Crippen molar-refractivity contribution in [3.8, 4) is 0 Å². The average molecular weight is 367 g/mol. The minimum atomic E-state index is -0.642. The maximum absolute atomic E-state index is 12.7. The molecule has 8 nitrogen and oxygen atoms in total. The zero-order valence-electron chi connectivity index (χ0n) is 15.4. The van der Waals surface area contributed by atoms with Crippen LogP contribution in [0.2, 0.25) is 0 Å². The maximum atomic E-state index is 12.7. The maximum Gasteiger partial charge on any atom is 0.332 e. The zero-order chi connectivity index (χ0) is 19.7. The number of hydrogen-bond donors (Lipinski definition) is 2. The third-order valence-electron chi connectivity index (χ3n) is 4.38. The van der Waals surface area contributed by atoms with Gasteiger partial charge in [0.25, 0.3) is 5.56 Å². The summed E-state index contributed by atoms with van der Waals surface area (Å²) in [6, 6.07) is 13.2. The third kappa shape index (κ3) is 3.29. The second-order valence-corrected chi connectivity index (χ2v) is 6.44. The van der Waals surface area contributed by atoms with E-state index in [1.165, 1.54) is 11.9 Å². The highest BCUT2D eigenvalue weighted by molar-refractivity contribution is 6.02. The van der Waals surface area contributed by atoms with Gasteiger partial charge in [0.15, 0.2) is 0 Å². The molecule has 0 aliphatic carbocycles. The van der Waals surface area contributed by atoms with Crippen molar-refractivity contribution < 1.29 is 4.79 Å². The van der Waals surface area contributed by atoms with Crippen molar-refractivity contribution in [2.24, 2.45) is 7.05 Å². The van der Waals surface area contributed by atoms with Crippen LogP contribution in [0, 0.1) is 0 Å². The number of carbonyl (C=O) groups excluding carboxylic acids is 1. The first-order valence-electron chi connectivity index (χ1n) is 8.35. The SMILES string of the molecule is CN(C)c1c(N)n(C)c(=O)n(CC(=O)Nc2cccc3ccccc23)c1=O. The average Bonchev–Trinajstić information content (AvgIpc) is 2.64. The molecule has 1 aromatic heterocycles. The number of rotatable bonds is 4. The summed E-state index contributed by atoms with van der Waals surface area (Å²) >= 11 is 0. The van der Waals surface area contributed by atoms with Crippen molar-refractivity contribution in [3.63, 3.8) is 0 Å². The van der Waals surface area contributed by atoms with Gasteiger partial charge in [-0.3, -0.25) is 14.2 Å². The van der Waals surface area contributed by atoms with Gasteiger partial charge in [-0.25, -0.2) is 9.36 Å². The number of nitrogens with zero attached hydrogens (tertiary/aromatic N) is 3. The number of hydrogen-bond acceptors (Lipinski definition) is 5. The van der Waals surface area contributed by atoms with Gasteiger partial charge in [0.05, 0.1) is 0 Å². The van der Waals surface area contributed by atoms with Crippen molar-refractivity contribution in [2.45, 2.75) is 6.54 Å². The molecule has 1 heterocycles. The molecule has 8 heteroatoms. The first kappa shape index (κ1) is 18.2. The molecule has 0 aliphatic heterocycles. The number of nitrogens with two attached hydrogens (primary N) is 1. The summed E-state index contributed by atoms with van der Waals surface area (Å²) < 4.78 is 2.04. The van der Waals surface area contributed by atoms with Gasteiger partial charge >= 0.3 is 5.69 Å². The Morgan fingerprint density at radius 1 is 1.11 bits per heavy atom. The fourth-order valence-electron chi connectivity index (χ4n) is 2.99. The lowest BCUT2D eigenvalue weighted by atomic mass is 10.1. The summed E-state index contributed by atoms with van der Waals surface area (Å²) in [7, 11) is 4.76. The number of nitrogens with one attached hydrogen (secondary N) is 1. The Labute approximate surface area is 155 Å². The molecule has 0 saturated heterocycles. The molecular weight excluding hydrogens is 346 g/mol. The number of benzene rings is 2. The summed E-state index contributed by atoms with van der Waals surface area (Å²) in [5, 5.41) is 4.63. The van der Waals surface area contributed by atoms with Crippen LogP contribution in [0.4, 0.5) is 17.2 Å². The van der Waals surface area contributed by atoms with Crippen LogP contribution in [-0.2, 0) is 18.4 Å². The molecule has 1 amide bonds. The molecule has 0 unspecified atom stereocenters. The van der Waals surface area contributed by atoms with Gasteiger partial charge in [0.1, 0.15) is 18.1 Å². The summed E-state index contributed by atoms with van der Waals surface area (Å²) in [4.78, 5) is 39.2. The first-order chi connectivity index (χ1) is 12.8. The minimum absolute atomic E-state index is 0.0562. The van der Waals surface area contributed by atoms with E-state index >= 15 is 0 Å². The molecule has 0 spiro atoms. The molecule has 0 aliphatic rings. The molecule has 3 N–H and O–H groups in total. The van der Waals surface area contributed by atoms with E-state index in [4.69, 9.17) is 5.73 Å². The number of amides is 1. The lowest BCUT2D eigenvalue weighted by Gasteiger charge is -2.18. The highest BCUT2D eigenvalue weighted by Crippen LogP contribution is 2.22. The van der Waals surface area contributed by atoms with Crippen LogP contribution in [0.5, 0.6) is 0 Å². The zero-order valence-corrected chi connectivity index (χ0v) is 15.4. The highest BCUT2D eigenvalue weighted by Gasteiger charge is 2.18. The van der Waals surface area contributed by atoms with E-state index in [2.05, 4.69) is 5.32 Å². The molecule has 2 aromatic carbocycles. The summed E-state index contributed by atoms with van der Waals surface area (Å²) in [5.41, 5.74) is 5.41. The Hall–Kier alpha value is -3.55. The molecule has 0 bridgehead atoms. The van der Waals surface area contributed by atoms with Crippen LogP contribution in [-0.4, -0.2) is 29.1 Å². The minimum Gasteiger partial charge on any atom is -0.383 e. The lowest BCUT2D eigenvalue weighted by molar-refractivity contribution is -0.116. The fourth-order valence-corrected chi connectivity index (χ4v) is 2.99. The second kappa shape index (κ2) is 6.99. The van der Waals surface area contributed by atoms with Gasteiger partial charge in [-0.15, -0.1) is 0 Å². The van der Waals surface area contributed by atoms with Crippen molar-refractivity contribution in [3.05, 3.63) is 63.3 Å². The number of nitrogen functional groups attached to an aromatic ring is 1. The van der Waals surface area contributed by atoms with Crippen LogP contribution in [0.3, 0.4) is 0 Å². The van der Waals surface area contributed by atoms with E-state index in [1.54, 1.807) is 20.2 Å². The van der Waals surface area contributed by atoms with E-state index in [0.29, 0.717) is 5.69 Å². The van der Waals surface area contributed by atoms with Crippen molar-refractivity contribution >= 4 is 33.9 Å². The Bertz CT molecular complexity index is 1140. The van der Waals surface area contributed by atoms with Crippen LogP contribution < -0.4 is 27.2 Å². The second-order valence-electron chi connectivity index (χ2n) is 6.44. The number of anilines is 3. The van der Waals surface area contributed by atoms with Crippen LogP contribution in [0.1, 0.15) is 0 Å². The van der Waals surface area contributed by atoms with Gasteiger partial charge in [0.2, 0.25) is 5.91 Å². The van der Waals surface area contributed by atoms with Crippen LogP contribution >= 0.6 is 0 Å². The quantitative estimate of drug-likeness (QED) is 0.716. The highest BCUT2D eigenvalue weighted by atomic mass is 16.2. The Morgan fingerprint density at radius 3 is 2.48 bits per heavy atom. The molecule has 0 atom stereocenters. The van der Waals surface area contributed by atoms with Crippen molar-refractivity contribution in [2.75, 3.05) is 30.0 Å². The number of carbonyl (C=O) groups is 1. The standard InChI is InChI=1S/C19H21N5O3/c1-22(2)16-17(20)23(3)19(27)24(18(16)26)11-15(25)21-14-10-6-8-12-7-4-5-9-13(12)14/h4-10H,11,20H2,1-3H3,(H,21,25).